The number of halogens is 1. The van der Waals surface area contributed by atoms with Crippen molar-refractivity contribution in [2.24, 2.45) is 11.8 Å². The Morgan fingerprint density at radius 1 is 1.12 bits per heavy atom. The minimum atomic E-state index is -0.904. The topological polar surface area (TPSA) is 97.6 Å². The highest BCUT2D eigenvalue weighted by molar-refractivity contribution is 6.31. The van der Waals surface area contributed by atoms with Crippen molar-refractivity contribution < 1.29 is 34.3 Å². The Morgan fingerprint density at radius 3 is 2.73 bits per heavy atom. The third kappa shape index (κ3) is 4.46. The lowest BCUT2D eigenvalue weighted by Crippen LogP contribution is -2.44. The van der Waals surface area contributed by atoms with E-state index in [1.165, 1.54) is 0 Å². The van der Waals surface area contributed by atoms with Gasteiger partial charge in [-0.3, -0.25) is 0 Å². The van der Waals surface area contributed by atoms with E-state index in [4.69, 9.17) is 30.5 Å². The normalized spacial score (nSPS) is 30.8. The minimum Gasteiger partial charge on any atom is -0.454 e. The molecule has 2 aromatic rings. The maximum Gasteiger partial charge on any atom is 0.231 e. The molecule has 1 aliphatic carbocycles. The van der Waals surface area contributed by atoms with E-state index >= 15 is 0 Å². The van der Waals surface area contributed by atoms with Crippen LogP contribution in [0.4, 0.5) is 0 Å². The molecule has 0 spiro atoms. The fraction of sp³-hybridized carbons (Fsp3) is 0.520. The Hall–Kier alpha value is -1.87. The Kier molecular flexibility index (Phi) is 6.53. The van der Waals surface area contributed by atoms with Crippen molar-refractivity contribution >= 4 is 11.6 Å². The van der Waals surface area contributed by atoms with Crippen molar-refractivity contribution in [2.75, 3.05) is 26.6 Å². The zero-order valence-electron chi connectivity index (χ0n) is 18.4. The van der Waals surface area contributed by atoms with E-state index in [0.29, 0.717) is 22.9 Å². The van der Waals surface area contributed by atoms with Gasteiger partial charge in [0.25, 0.3) is 0 Å². The summed E-state index contributed by atoms with van der Waals surface area (Å²) in [5.41, 5.74) is 4.28. The number of ether oxygens (including phenoxy) is 4. The molecule has 1 saturated heterocycles. The molecule has 5 rings (SSSR count). The molecule has 8 heteroatoms. The average Bonchev–Trinajstić information content (AvgIpc) is 3.26. The summed E-state index contributed by atoms with van der Waals surface area (Å²) in [6, 6.07) is 10.0. The van der Waals surface area contributed by atoms with Crippen LogP contribution < -0.4 is 9.47 Å². The number of aryl methyl sites for hydroxylation is 1. The third-order valence-electron chi connectivity index (χ3n) is 7.00. The molecule has 178 valence electrons. The van der Waals surface area contributed by atoms with E-state index in [0.717, 1.165) is 22.3 Å². The molecular formula is C25H29ClO7. The Morgan fingerprint density at radius 2 is 1.94 bits per heavy atom. The van der Waals surface area contributed by atoms with Crippen LogP contribution in [0.1, 0.15) is 34.6 Å². The van der Waals surface area contributed by atoms with Crippen LogP contribution in [0.2, 0.25) is 5.02 Å². The van der Waals surface area contributed by atoms with Crippen LogP contribution in [0.25, 0.3) is 0 Å². The van der Waals surface area contributed by atoms with Gasteiger partial charge in [-0.1, -0.05) is 23.7 Å². The summed E-state index contributed by atoms with van der Waals surface area (Å²) < 4.78 is 22.7. The van der Waals surface area contributed by atoms with Gasteiger partial charge in [0.05, 0.1) is 19.3 Å². The number of benzene rings is 2. The van der Waals surface area contributed by atoms with Gasteiger partial charge in [0, 0.05) is 24.0 Å². The summed E-state index contributed by atoms with van der Waals surface area (Å²) in [5.74, 6) is 1.15. The maximum absolute atomic E-state index is 10.3. The summed E-state index contributed by atoms with van der Waals surface area (Å²) in [4.78, 5) is 0. The van der Waals surface area contributed by atoms with E-state index in [1.54, 1.807) is 0 Å². The Labute approximate surface area is 197 Å². The van der Waals surface area contributed by atoms with Gasteiger partial charge in [0.1, 0.15) is 6.10 Å². The number of hydrogen-bond donors (Lipinski definition) is 3. The first-order chi connectivity index (χ1) is 15.9. The first-order valence-electron chi connectivity index (χ1n) is 11.3. The molecule has 33 heavy (non-hydrogen) atoms. The molecule has 0 radical (unpaired) electrons. The summed E-state index contributed by atoms with van der Waals surface area (Å²) in [6.45, 7) is 2.58. The number of hydrogen-bond acceptors (Lipinski definition) is 7. The van der Waals surface area contributed by atoms with E-state index in [1.807, 2.05) is 31.2 Å². The van der Waals surface area contributed by atoms with Crippen LogP contribution in [-0.2, 0) is 15.9 Å². The molecule has 0 aromatic heterocycles. The molecule has 2 aliphatic heterocycles. The van der Waals surface area contributed by atoms with Crippen molar-refractivity contribution in [1.29, 1.82) is 0 Å². The molecular weight excluding hydrogens is 448 g/mol. The van der Waals surface area contributed by atoms with Crippen molar-refractivity contribution in [3.63, 3.8) is 0 Å². The number of aliphatic hydroxyl groups is 3. The fourth-order valence-corrected chi connectivity index (χ4v) is 5.44. The SMILES string of the molecule is Cc1cc2c(cc1Cl)C(c1ccc3c(c1)OCO3)C(CO[C@@H]1OC[C@@H](O)C[C@H]1O)[C@@H](CO)C2. The molecule has 0 saturated carbocycles. The van der Waals surface area contributed by atoms with Gasteiger partial charge >= 0.3 is 0 Å². The second kappa shape index (κ2) is 9.41. The summed E-state index contributed by atoms with van der Waals surface area (Å²) >= 11 is 6.54. The highest BCUT2D eigenvalue weighted by atomic mass is 35.5. The van der Waals surface area contributed by atoms with Crippen LogP contribution in [-0.4, -0.2) is 60.4 Å². The van der Waals surface area contributed by atoms with Gasteiger partial charge < -0.3 is 34.3 Å². The van der Waals surface area contributed by atoms with Gasteiger partial charge in [0.15, 0.2) is 17.8 Å². The van der Waals surface area contributed by atoms with Gasteiger partial charge in [-0.2, -0.15) is 0 Å². The van der Waals surface area contributed by atoms with E-state index in [-0.39, 0.29) is 50.8 Å². The van der Waals surface area contributed by atoms with Crippen LogP contribution in [0.3, 0.4) is 0 Å². The van der Waals surface area contributed by atoms with E-state index in [9.17, 15) is 15.3 Å². The molecule has 2 unspecified atom stereocenters. The molecule has 2 aromatic carbocycles. The van der Waals surface area contributed by atoms with Crippen molar-refractivity contribution in [3.8, 4) is 11.5 Å². The molecule has 0 amide bonds. The molecule has 2 heterocycles. The van der Waals surface area contributed by atoms with Crippen LogP contribution in [0.5, 0.6) is 11.5 Å². The lowest BCUT2D eigenvalue weighted by Gasteiger charge is -2.41. The first-order valence-corrected chi connectivity index (χ1v) is 11.7. The Balaban J connectivity index is 1.51. The largest absolute Gasteiger partial charge is 0.454 e. The standard InChI is InChI=1S/C25H29ClO7/c1-13-4-15-5-16(9-27)19(11-31-25-21(29)7-17(28)10-30-25)24(18(15)8-20(13)26)14-2-3-22-23(6-14)33-12-32-22/h2-4,6,8,16-17,19,21,24-25,27-29H,5,7,9-12H2,1H3/t16-,17+,19?,21-,24?,25+/m1/s1. The highest BCUT2D eigenvalue weighted by Crippen LogP contribution is 2.47. The molecule has 3 aliphatic rings. The second-order valence-electron chi connectivity index (χ2n) is 9.19. The predicted molar refractivity (Wildman–Crippen MR) is 121 cm³/mol. The van der Waals surface area contributed by atoms with Gasteiger partial charge in [0.2, 0.25) is 6.79 Å². The monoisotopic (exact) mass is 476 g/mol. The molecule has 3 N–H and O–H groups in total. The van der Waals surface area contributed by atoms with Crippen molar-refractivity contribution in [3.05, 3.63) is 57.6 Å². The molecule has 7 nitrogen and oxygen atoms in total. The lowest BCUT2D eigenvalue weighted by atomic mass is 9.66. The zero-order valence-corrected chi connectivity index (χ0v) is 19.2. The van der Waals surface area contributed by atoms with Crippen LogP contribution in [0, 0.1) is 18.8 Å². The summed E-state index contributed by atoms with van der Waals surface area (Å²) in [6.07, 6.45) is -1.50. The lowest BCUT2D eigenvalue weighted by molar-refractivity contribution is -0.241. The van der Waals surface area contributed by atoms with Gasteiger partial charge in [-0.15, -0.1) is 0 Å². The zero-order chi connectivity index (χ0) is 23.1. The maximum atomic E-state index is 10.3. The fourth-order valence-electron chi connectivity index (χ4n) is 5.27. The Bertz CT molecular complexity index is 1010. The van der Waals surface area contributed by atoms with Crippen molar-refractivity contribution in [2.45, 2.75) is 44.2 Å². The van der Waals surface area contributed by atoms with Crippen molar-refractivity contribution in [1.82, 2.24) is 0 Å². The molecule has 1 fully saturated rings. The number of rotatable bonds is 5. The molecule has 0 bridgehead atoms. The summed E-state index contributed by atoms with van der Waals surface area (Å²) in [5, 5.41) is 31.0. The summed E-state index contributed by atoms with van der Waals surface area (Å²) in [7, 11) is 0. The van der Waals surface area contributed by atoms with E-state index < -0.39 is 18.5 Å². The quantitative estimate of drug-likeness (QED) is 0.610. The predicted octanol–water partition coefficient (Wildman–Crippen LogP) is 2.77. The van der Waals surface area contributed by atoms with E-state index in [2.05, 4.69) is 6.07 Å². The smallest absolute Gasteiger partial charge is 0.231 e. The number of fused-ring (bicyclic) bond motifs is 2. The number of aliphatic hydroxyl groups excluding tert-OH is 3. The molecule has 6 atom stereocenters. The van der Waals surface area contributed by atoms with Gasteiger partial charge in [-0.25, -0.2) is 0 Å². The highest BCUT2D eigenvalue weighted by Gasteiger charge is 2.40. The van der Waals surface area contributed by atoms with Crippen LogP contribution in [0.15, 0.2) is 30.3 Å². The second-order valence-corrected chi connectivity index (χ2v) is 9.60. The van der Waals surface area contributed by atoms with Crippen LogP contribution >= 0.6 is 11.6 Å². The minimum absolute atomic E-state index is 0.00296. The first kappa shape index (κ1) is 22.9. The van der Waals surface area contributed by atoms with Gasteiger partial charge in [-0.05, 0) is 65.6 Å². The third-order valence-corrected chi connectivity index (χ3v) is 7.40. The average molecular weight is 477 g/mol.